The van der Waals surface area contributed by atoms with E-state index in [1.165, 1.54) is 24.3 Å². The molecular weight excluding hydrogens is 700 g/mol. The average Bonchev–Trinajstić information content (AvgIpc) is 3.17. The molecule has 8 N–H and O–H groups in total. The maximum absolute atomic E-state index is 14.0. The Morgan fingerprint density at radius 2 is 0.891 bits per heavy atom. The second-order valence-corrected chi connectivity index (χ2v) is 14.3. The predicted molar refractivity (Wildman–Crippen MR) is 209 cm³/mol. The molecule has 0 aliphatic rings. The molecule has 0 saturated carbocycles. The van der Waals surface area contributed by atoms with Crippen LogP contribution in [0.2, 0.25) is 0 Å². The van der Waals surface area contributed by atoms with E-state index in [9.17, 15) is 39.6 Å². The molecule has 0 fully saturated rings. The summed E-state index contributed by atoms with van der Waals surface area (Å²) >= 11 is 0. The first-order valence-corrected chi connectivity index (χ1v) is 18.5. The molecular formula is C43H52N4O8. The van der Waals surface area contributed by atoms with Crippen molar-refractivity contribution in [2.24, 2.45) is 11.3 Å². The first-order valence-electron chi connectivity index (χ1n) is 18.5. The molecule has 2 unspecified atom stereocenters. The first-order chi connectivity index (χ1) is 26.2. The summed E-state index contributed by atoms with van der Waals surface area (Å²) in [4.78, 5) is 54.7. The van der Waals surface area contributed by atoms with Crippen LogP contribution in [-0.2, 0) is 44.9 Å². The molecule has 0 bridgehead atoms. The number of carbonyl (C=O) groups excluding carboxylic acids is 4. The molecule has 0 aliphatic carbocycles. The first kappa shape index (κ1) is 41.7. The molecule has 4 aromatic rings. The van der Waals surface area contributed by atoms with Crippen molar-refractivity contribution in [3.8, 4) is 23.0 Å². The van der Waals surface area contributed by atoms with Crippen molar-refractivity contribution in [1.82, 2.24) is 21.3 Å². The zero-order valence-electron chi connectivity index (χ0n) is 31.5. The fraction of sp³-hybridized carbons (Fsp3) is 0.349. The van der Waals surface area contributed by atoms with Gasteiger partial charge in [-0.15, -0.1) is 0 Å². The highest BCUT2D eigenvalue weighted by molar-refractivity contribution is 5.91. The lowest BCUT2D eigenvalue weighted by atomic mass is 9.77. The zero-order chi connectivity index (χ0) is 40.0. The van der Waals surface area contributed by atoms with Crippen molar-refractivity contribution in [3.05, 3.63) is 119 Å². The minimum atomic E-state index is -1.06. The number of benzene rings is 4. The molecule has 4 rings (SSSR count). The molecule has 0 spiro atoms. The Hall–Kier alpha value is -6.04. The molecule has 12 heteroatoms. The van der Waals surface area contributed by atoms with E-state index >= 15 is 0 Å². The van der Waals surface area contributed by atoms with Gasteiger partial charge in [-0.2, -0.15) is 0 Å². The molecule has 0 radical (unpaired) electrons. The number of nitrogens with one attached hydrogen (secondary N) is 4. The van der Waals surface area contributed by atoms with Gasteiger partial charge in [0.05, 0.1) is 0 Å². The number of phenols is 4. The lowest BCUT2D eigenvalue weighted by Crippen LogP contribution is -2.53. The van der Waals surface area contributed by atoms with Gasteiger partial charge in [-0.1, -0.05) is 69.3 Å². The SMILES string of the molecule is CCC(C)(CC(C)C(=O)N[C@@H](Cc1ccc(O)cc1)C(=O)NCCc1ccc(O)cc1)C(=O)N[C@@H](Cc1ccc(O)cc1)C(=O)NCCc1ccc(O)cc1. The van der Waals surface area contributed by atoms with Crippen LogP contribution in [0.25, 0.3) is 0 Å². The van der Waals surface area contributed by atoms with E-state index < -0.39 is 47.0 Å². The molecule has 0 aliphatic heterocycles. The summed E-state index contributed by atoms with van der Waals surface area (Å²) in [6.45, 7) is 5.87. The minimum Gasteiger partial charge on any atom is -0.508 e. The maximum Gasteiger partial charge on any atom is 0.242 e. The molecule has 0 aromatic heterocycles. The van der Waals surface area contributed by atoms with Crippen LogP contribution in [0.15, 0.2) is 97.1 Å². The second kappa shape index (κ2) is 19.9. The summed E-state index contributed by atoms with van der Waals surface area (Å²) in [5.41, 5.74) is 2.22. The van der Waals surface area contributed by atoms with Crippen LogP contribution in [0.5, 0.6) is 23.0 Å². The molecule has 55 heavy (non-hydrogen) atoms. The van der Waals surface area contributed by atoms with Gasteiger partial charge < -0.3 is 41.7 Å². The van der Waals surface area contributed by atoms with E-state index in [-0.39, 0.29) is 42.3 Å². The van der Waals surface area contributed by atoms with Gasteiger partial charge in [0, 0.05) is 37.3 Å². The lowest BCUT2D eigenvalue weighted by Gasteiger charge is -2.32. The van der Waals surface area contributed by atoms with Gasteiger partial charge in [-0.3, -0.25) is 19.2 Å². The highest BCUT2D eigenvalue weighted by atomic mass is 16.3. The normalized spacial score (nSPS) is 13.7. The zero-order valence-corrected chi connectivity index (χ0v) is 31.5. The van der Waals surface area contributed by atoms with E-state index in [0.29, 0.717) is 32.4 Å². The van der Waals surface area contributed by atoms with Crippen LogP contribution in [-0.4, -0.2) is 69.2 Å². The largest absolute Gasteiger partial charge is 0.508 e. The Bertz CT molecular complexity index is 1870. The summed E-state index contributed by atoms with van der Waals surface area (Å²) in [5, 5.41) is 50.3. The third-order valence-corrected chi connectivity index (χ3v) is 9.84. The van der Waals surface area contributed by atoms with Crippen LogP contribution in [0.3, 0.4) is 0 Å². The van der Waals surface area contributed by atoms with Gasteiger partial charge in [0.25, 0.3) is 0 Å². The van der Waals surface area contributed by atoms with Crippen molar-refractivity contribution in [3.63, 3.8) is 0 Å². The number of aromatic hydroxyl groups is 4. The predicted octanol–water partition coefficient (Wildman–Crippen LogP) is 4.42. The Kier molecular flexibility index (Phi) is 15.1. The van der Waals surface area contributed by atoms with Crippen LogP contribution >= 0.6 is 0 Å². The van der Waals surface area contributed by atoms with E-state index in [4.69, 9.17) is 0 Å². The topological polar surface area (TPSA) is 197 Å². The smallest absolute Gasteiger partial charge is 0.242 e. The van der Waals surface area contributed by atoms with Gasteiger partial charge >= 0.3 is 0 Å². The van der Waals surface area contributed by atoms with Gasteiger partial charge in [0.2, 0.25) is 23.6 Å². The Labute approximate surface area is 322 Å². The Morgan fingerprint density at radius 1 is 0.545 bits per heavy atom. The molecule has 4 amide bonds. The van der Waals surface area contributed by atoms with Crippen LogP contribution < -0.4 is 21.3 Å². The molecule has 4 aromatic carbocycles. The number of hydrogen-bond acceptors (Lipinski definition) is 8. The monoisotopic (exact) mass is 752 g/mol. The van der Waals surface area contributed by atoms with Crippen molar-refractivity contribution in [2.45, 2.75) is 71.4 Å². The number of carbonyl (C=O) groups is 4. The lowest BCUT2D eigenvalue weighted by molar-refractivity contribution is -0.137. The van der Waals surface area contributed by atoms with Crippen LogP contribution in [0.1, 0.15) is 55.9 Å². The molecule has 292 valence electrons. The number of hydrogen-bond donors (Lipinski definition) is 8. The number of amides is 4. The van der Waals surface area contributed by atoms with E-state index in [1.54, 1.807) is 86.6 Å². The highest BCUT2D eigenvalue weighted by Crippen LogP contribution is 2.31. The third-order valence-electron chi connectivity index (χ3n) is 9.84. The van der Waals surface area contributed by atoms with Gasteiger partial charge in [0.1, 0.15) is 35.1 Å². The van der Waals surface area contributed by atoms with Crippen LogP contribution in [0.4, 0.5) is 0 Å². The van der Waals surface area contributed by atoms with Crippen molar-refractivity contribution < 1.29 is 39.6 Å². The molecule has 0 saturated heterocycles. The van der Waals surface area contributed by atoms with E-state index in [2.05, 4.69) is 21.3 Å². The highest BCUT2D eigenvalue weighted by Gasteiger charge is 2.37. The molecule has 12 nitrogen and oxygen atoms in total. The van der Waals surface area contributed by atoms with Crippen LogP contribution in [0, 0.1) is 11.3 Å². The number of phenolic OH excluding ortho intramolecular Hbond substituents is 4. The average molecular weight is 753 g/mol. The quantitative estimate of drug-likeness (QED) is 0.0689. The number of rotatable bonds is 19. The van der Waals surface area contributed by atoms with Crippen molar-refractivity contribution in [1.29, 1.82) is 0 Å². The van der Waals surface area contributed by atoms with E-state index in [0.717, 1.165) is 22.3 Å². The van der Waals surface area contributed by atoms with Crippen molar-refractivity contribution >= 4 is 23.6 Å². The molecule has 4 atom stereocenters. The van der Waals surface area contributed by atoms with Gasteiger partial charge in [-0.05, 0) is 96.5 Å². The summed E-state index contributed by atoms with van der Waals surface area (Å²) < 4.78 is 0. The third kappa shape index (κ3) is 13.1. The maximum atomic E-state index is 14.0. The van der Waals surface area contributed by atoms with Crippen molar-refractivity contribution in [2.75, 3.05) is 13.1 Å². The van der Waals surface area contributed by atoms with E-state index in [1.807, 2.05) is 6.92 Å². The fourth-order valence-electron chi connectivity index (χ4n) is 6.20. The Balaban J connectivity index is 1.42. The summed E-state index contributed by atoms with van der Waals surface area (Å²) in [6.07, 6.45) is 1.83. The standard InChI is InChI=1S/C43H52N4O8/c1-4-43(3,42(55)47-38(26-32-11-19-36(51)20-12-32)41(54)45-24-22-30-7-15-34(49)16-8-30)27-28(2)39(52)46-37(25-31-9-17-35(50)18-10-31)40(53)44-23-21-29-5-13-33(48)14-6-29/h5-20,28,37-38,48-51H,4,21-27H2,1-3H3,(H,44,53)(H,45,54)(H,46,52)(H,47,55)/t28?,37-,38-,43?/m0/s1. The second-order valence-electron chi connectivity index (χ2n) is 14.3. The minimum absolute atomic E-state index is 0.0744. The van der Waals surface area contributed by atoms with Gasteiger partial charge in [-0.25, -0.2) is 0 Å². The van der Waals surface area contributed by atoms with Gasteiger partial charge in [0.15, 0.2) is 0 Å². The summed E-state index contributed by atoms with van der Waals surface area (Å²) in [7, 11) is 0. The molecule has 0 heterocycles. The Morgan fingerprint density at radius 3 is 1.25 bits per heavy atom. The summed E-state index contributed by atoms with van der Waals surface area (Å²) in [6, 6.07) is 24.2. The fourth-order valence-corrected chi connectivity index (χ4v) is 6.20. The summed E-state index contributed by atoms with van der Waals surface area (Å²) in [5.74, 6) is -1.86.